The zero-order valence-electron chi connectivity index (χ0n) is 14.0. The van der Waals surface area contributed by atoms with Crippen LogP contribution in [0, 0.1) is 5.92 Å². The molecule has 0 spiro atoms. The van der Waals surface area contributed by atoms with E-state index in [0.717, 1.165) is 19.3 Å². The van der Waals surface area contributed by atoms with Crippen LogP contribution in [0.3, 0.4) is 0 Å². The van der Waals surface area contributed by atoms with E-state index in [0.29, 0.717) is 30.1 Å². The molecule has 4 nitrogen and oxygen atoms in total. The number of carbonyl (C=O) groups excluding carboxylic acids is 2. The number of halogens is 1. The summed E-state index contributed by atoms with van der Waals surface area (Å²) in [4.78, 5) is 30.9. The predicted molar refractivity (Wildman–Crippen MR) is 97.6 cm³/mol. The summed E-state index contributed by atoms with van der Waals surface area (Å²) in [6.45, 7) is 1.16. The number of benzene rings is 1. The first kappa shape index (κ1) is 17.6. The average Bonchev–Trinajstić information content (AvgIpc) is 2.66. The SMILES string of the molecule is O=C(CCc1ccccc1)[C@@H]1CCCN(C(=O)c2cncc(Cl)c2)C1. The van der Waals surface area contributed by atoms with E-state index in [1.807, 2.05) is 30.3 Å². The number of likely N-dealkylation sites (tertiary alicyclic amines) is 1. The number of pyridine rings is 1. The molecule has 1 saturated heterocycles. The fourth-order valence-corrected chi connectivity index (χ4v) is 3.43. The number of amides is 1. The second kappa shape index (κ2) is 8.26. The molecule has 2 heterocycles. The first-order chi connectivity index (χ1) is 12.1. The van der Waals surface area contributed by atoms with Crippen LogP contribution in [0.1, 0.15) is 35.2 Å². The van der Waals surface area contributed by atoms with Crippen LogP contribution >= 0.6 is 11.6 Å². The Hall–Kier alpha value is -2.20. The maximum atomic E-state index is 12.6. The Morgan fingerprint density at radius 2 is 2.00 bits per heavy atom. The number of hydrogen-bond donors (Lipinski definition) is 0. The third-order valence-electron chi connectivity index (χ3n) is 4.62. The first-order valence-corrected chi connectivity index (χ1v) is 8.98. The van der Waals surface area contributed by atoms with Crippen molar-refractivity contribution in [1.82, 2.24) is 9.88 Å². The summed E-state index contributed by atoms with van der Waals surface area (Å²) < 4.78 is 0. The Morgan fingerprint density at radius 1 is 1.20 bits per heavy atom. The molecule has 2 aromatic rings. The summed E-state index contributed by atoms with van der Waals surface area (Å²) in [5.41, 5.74) is 1.65. The van der Waals surface area contributed by atoms with Gasteiger partial charge in [0.15, 0.2) is 0 Å². The molecule has 1 fully saturated rings. The van der Waals surface area contributed by atoms with Crippen molar-refractivity contribution in [3.05, 3.63) is 64.9 Å². The van der Waals surface area contributed by atoms with Crippen LogP contribution in [0.25, 0.3) is 0 Å². The monoisotopic (exact) mass is 356 g/mol. The Morgan fingerprint density at radius 3 is 2.76 bits per heavy atom. The summed E-state index contributed by atoms with van der Waals surface area (Å²) in [5, 5.41) is 0.443. The molecule has 1 atom stereocenters. The number of rotatable bonds is 5. The lowest BCUT2D eigenvalue weighted by Gasteiger charge is -2.32. The molecular formula is C20H21ClN2O2. The molecule has 1 amide bonds. The number of hydrogen-bond acceptors (Lipinski definition) is 3. The fourth-order valence-electron chi connectivity index (χ4n) is 3.25. The Bertz CT molecular complexity index is 748. The van der Waals surface area contributed by atoms with Crippen LogP contribution in [-0.2, 0) is 11.2 Å². The van der Waals surface area contributed by atoms with Crippen molar-refractivity contribution in [2.45, 2.75) is 25.7 Å². The van der Waals surface area contributed by atoms with Crippen LogP contribution < -0.4 is 0 Å². The molecule has 0 saturated carbocycles. The minimum Gasteiger partial charge on any atom is -0.338 e. The lowest BCUT2D eigenvalue weighted by molar-refractivity contribution is -0.124. The second-order valence-electron chi connectivity index (χ2n) is 6.43. The van der Waals surface area contributed by atoms with Gasteiger partial charge in [-0.2, -0.15) is 0 Å². The smallest absolute Gasteiger partial charge is 0.255 e. The number of ketones is 1. The van der Waals surface area contributed by atoms with Gasteiger partial charge in [0, 0.05) is 37.8 Å². The van der Waals surface area contributed by atoms with Crippen molar-refractivity contribution < 1.29 is 9.59 Å². The van der Waals surface area contributed by atoms with Crippen LogP contribution in [-0.4, -0.2) is 34.7 Å². The Kier molecular flexibility index (Phi) is 5.82. The first-order valence-electron chi connectivity index (χ1n) is 8.60. The van der Waals surface area contributed by atoms with Gasteiger partial charge in [0.2, 0.25) is 0 Å². The highest BCUT2D eigenvalue weighted by Gasteiger charge is 2.28. The zero-order chi connectivity index (χ0) is 17.6. The minimum atomic E-state index is -0.101. The number of aromatic nitrogens is 1. The summed E-state index contributed by atoms with van der Waals surface area (Å²) in [6.07, 6.45) is 6.00. The molecule has 130 valence electrons. The van der Waals surface area contributed by atoms with Gasteiger partial charge in [0.1, 0.15) is 5.78 Å². The van der Waals surface area contributed by atoms with Crippen molar-refractivity contribution >= 4 is 23.3 Å². The minimum absolute atomic E-state index is 0.0754. The van der Waals surface area contributed by atoms with E-state index in [9.17, 15) is 9.59 Å². The van der Waals surface area contributed by atoms with Gasteiger partial charge >= 0.3 is 0 Å². The summed E-state index contributed by atoms with van der Waals surface area (Å²) in [5.74, 6) is 0.0645. The van der Waals surface area contributed by atoms with Gasteiger partial charge < -0.3 is 4.90 Å². The fraction of sp³-hybridized carbons (Fsp3) is 0.350. The van der Waals surface area contributed by atoms with E-state index in [2.05, 4.69) is 4.98 Å². The van der Waals surface area contributed by atoms with Crippen LogP contribution in [0.4, 0.5) is 0 Å². The Balaban J connectivity index is 1.58. The number of aryl methyl sites for hydroxylation is 1. The van der Waals surface area contributed by atoms with Crippen molar-refractivity contribution in [3.8, 4) is 0 Å². The average molecular weight is 357 g/mol. The van der Waals surface area contributed by atoms with E-state index < -0.39 is 0 Å². The van der Waals surface area contributed by atoms with Gasteiger partial charge in [0.05, 0.1) is 10.6 Å². The maximum absolute atomic E-state index is 12.6. The van der Waals surface area contributed by atoms with Gasteiger partial charge in [-0.3, -0.25) is 14.6 Å². The van der Waals surface area contributed by atoms with E-state index in [-0.39, 0.29) is 17.6 Å². The van der Waals surface area contributed by atoms with Gasteiger partial charge in [-0.05, 0) is 30.9 Å². The third-order valence-corrected chi connectivity index (χ3v) is 4.83. The summed E-state index contributed by atoms with van der Waals surface area (Å²) >= 11 is 5.92. The molecule has 1 aromatic heterocycles. The Labute approximate surface area is 152 Å². The molecular weight excluding hydrogens is 336 g/mol. The normalized spacial score (nSPS) is 17.3. The number of Topliss-reactive ketones (excluding diaryl/α,β-unsaturated/α-hetero) is 1. The van der Waals surface area contributed by atoms with Crippen molar-refractivity contribution in [3.63, 3.8) is 0 Å². The number of carbonyl (C=O) groups is 2. The van der Waals surface area contributed by atoms with Crippen LogP contribution in [0.15, 0.2) is 48.8 Å². The van der Waals surface area contributed by atoms with Crippen LogP contribution in [0.2, 0.25) is 5.02 Å². The van der Waals surface area contributed by atoms with E-state index >= 15 is 0 Å². The van der Waals surface area contributed by atoms with Crippen LogP contribution in [0.5, 0.6) is 0 Å². The molecule has 1 aliphatic rings. The molecule has 1 aromatic carbocycles. The van der Waals surface area contributed by atoms with E-state index in [1.165, 1.54) is 18.0 Å². The molecule has 0 aliphatic carbocycles. The van der Waals surface area contributed by atoms with Crippen molar-refractivity contribution in [2.24, 2.45) is 5.92 Å². The van der Waals surface area contributed by atoms with Gasteiger partial charge in [-0.25, -0.2) is 0 Å². The largest absolute Gasteiger partial charge is 0.338 e. The zero-order valence-corrected chi connectivity index (χ0v) is 14.8. The molecule has 25 heavy (non-hydrogen) atoms. The maximum Gasteiger partial charge on any atom is 0.255 e. The summed E-state index contributed by atoms with van der Waals surface area (Å²) in [7, 11) is 0. The van der Waals surface area contributed by atoms with Crippen molar-refractivity contribution in [1.29, 1.82) is 0 Å². The topological polar surface area (TPSA) is 50.3 Å². The van der Waals surface area contributed by atoms with Gasteiger partial charge in [-0.15, -0.1) is 0 Å². The molecule has 3 rings (SSSR count). The summed E-state index contributed by atoms with van der Waals surface area (Å²) in [6, 6.07) is 11.6. The molecule has 0 N–H and O–H groups in total. The number of nitrogens with zero attached hydrogens (tertiary/aromatic N) is 2. The predicted octanol–water partition coefficient (Wildman–Crippen LogP) is 3.79. The highest BCUT2D eigenvalue weighted by molar-refractivity contribution is 6.30. The van der Waals surface area contributed by atoms with E-state index in [1.54, 1.807) is 11.0 Å². The number of piperidine rings is 1. The molecule has 0 radical (unpaired) electrons. The molecule has 0 unspecified atom stereocenters. The lowest BCUT2D eigenvalue weighted by atomic mass is 9.90. The highest BCUT2D eigenvalue weighted by atomic mass is 35.5. The van der Waals surface area contributed by atoms with E-state index in [4.69, 9.17) is 11.6 Å². The van der Waals surface area contributed by atoms with Crippen molar-refractivity contribution in [2.75, 3.05) is 13.1 Å². The quantitative estimate of drug-likeness (QED) is 0.819. The molecule has 1 aliphatic heterocycles. The van der Waals surface area contributed by atoms with Gasteiger partial charge in [0.25, 0.3) is 5.91 Å². The lowest BCUT2D eigenvalue weighted by Crippen LogP contribution is -2.42. The van der Waals surface area contributed by atoms with Gasteiger partial charge in [-0.1, -0.05) is 41.9 Å². The standard InChI is InChI=1S/C20H21ClN2O2/c21-18-11-17(12-22-13-18)20(25)23-10-4-7-16(14-23)19(24)9-8-15-5-2-1-3-6-15/h1-3,5-6,11-13,16H,4,7-10,14H2/t16-/m1/s1. The second-order valence-corrected chi connectivity index (χ2v) is 6.87. The third kappa shape index (κ3) is 4.67. The highest BCUT2D eigenvalue weighted by Crippen LogP contribution is 2.22. The molecule has 0 bridgehead atoms. The molecule has 5 heteroatoms.